The molecule has 16 heteroatoms. The van der Waals surface area contributed by atoms with E-state index in [2.05, 4.69) is 14.5 Å². The van der Waals surface area contributed by atoms with Gasteiger partial charge in [-0.3, -0.25) is 14.3 Å². The lowest BCUT2D eigenvalue weighted by atomic mass is 10.1. The van der Waals surface area contributed by atoms with E-state index >= 15 is 0 Å². The maximum atomic E-state index is 13.4. The van der Waals surface area contributed by atoms with Crippen LogP contribution in [0.1, 0.15) is 54.7 Å². The molecule has 0 amide bonds. The average Bonchev–Trinajstić information content (AvgIpc) is 3.21. The highest BCUT2D eigenvalue weighted by Crippen LogP contribution is 2.64. The Morgan fingerprint density at radius 1 is 1.18 bits per heavy atom. The van der Waals surface area contributed by atoms with E-state index in [1.54, 1.807) is 13.8 Å². The van der Waals surface area contributed by atoms with Gasteiger partial charge in [0.05, 0.1) is 13.2 Å². The highest BCUT2D eigenvalue weighted by atomic mass is 32.7. The lowest BCUT2D eigenvalue weighted by Gasteiger charge is -2.38. The Bertz CT molecular complexity index is 1110. The fourth-order valence-corrected chi connectivity index (χ4v) is 10.2. The molecule has 13 nitrogen and oxygen atoms in total. The fourth-order valence-electron chi connectivity index (χ4n) is 4.34. The first-order valence-electron chi connectivity index (χ1n) is 13.2. The van der Waals surface area contributed by atoms with Crippen LogP contribution in [0.4, 0.5) is 0 Å². The Morgan fingerprint density at radius 3 is 2.30 bits per heavy atom. The van der Waals surface area contributed by atoms with E-state index < -0.39 is 56.4 Å². The Balaban J connectivity index is 2.56. The van der Waals surface area contributed by atoms with Crippen LogP contribution in [0.25, 0.3) is 4.85 Å². The average molecular weight is 625 g/mol. The molecule has 1 fully saturated rings. The molecule has 0 aliphatic carbocycles. The van der Waals surface area contributed by atoms with Crippen LogP contribution in [0.15, 0.2) is 21.9 Å². The van der Waals surface area contributed by atoms with Gasteiger partial charge in [0.25, 0.3) is 14.1 Å². The molecular formula is C24H42N4O9P2S. The number of aromatic amines is 1. The monoisotopic (exact) mass is 624 g/mol. The van der Waals surface area contributed by atoms with Crippen LogP contribution in [0.2, 0.25) is 0 Å². The molecule has 1 N–H and O–H groups in total. The lowest BCUT2D eigenvalue weighted by molar-refractivity contribution is -0.0531. The quantitative estimate of drug-likeness (QED) is 0.150. The highest BCUT2D eigenvalue weighted by molar-refractivity contribution is 8.55. The van der Waals surface area contributed by atoms with Gasteiger partial charge in [0, 0.05) is 36.7 Å². The molecule has 0 spiro atoms. The first-order chi connectivity index (χ1) is 18.9. The van der Waals surface area contributed by atoms with Gasteiger partial charge in [-0.15, -0.1) is 0 Å². The van der Waals surface area contributed by atoms with Crippen molar-refractivity contribution in [3.8, 4) is 0 Å². The third-order valence-corrected chi connectivity index (χ3v) is 12.4. The van der Waals surface area contributed by atoms with Crippen LogP contribution in [-0.2, 0) is 32.1 Å². The maximum absolute atomic E-state index is 13.4. The van der Waals surface area contributed by atoms with Crippen LogP contribution in [0.3, 0.4) is 0 Å². The predicted octanol–water partition coefficient (Wildman–Crippen LogP) is 4.42. The normalized spacial score (nSPS) is 23.1. The van der Waals surface area contributed by atoms with Gasteiger partial charge >= 0.3 is 12.5 Å². The molecule has 4 unspecified atom stereocenters. The van der Waals surface area contributed by atoms with Crippen molar-refractivity contribution in [2.24, 2.45) is 0 Å². The molecule has 1 aliphatic heterocycles. The summed E-state index contributed by atoms with van der Waals surface area (Å²) in [5, 5.41) is -0.512. The standard InChI is InChI=1S/C24H42N4O9P2S/c1-10-34-39(31,35-11-2)40-18(7)20-21(37-38(33-15-13-25-8)28(16(3)4)17(5)6)22(32-9)23(36-20)27-14-12-19(29)26-24(27)30/h12,14,16-18,20-23H,10-11,13,15H2,1-7,9H3,(H,26,29,30)/t18?,20-,21?,22?,23-,38?/m1/s1. The second-order valence-electron chi connectivity index (χ2n) is 9.39. The van der Waals surface area contributed by atoms with Gasteiger partial charge in [0.15, 0.2) is 6.23 Å². The Labute approximate surface area is 241 Å². The zero-order chi connectivity index (χ0) is 30.0. The second kappa shape index (κ2) is 16.5. The summed E-state index contributed by atoms with van der Waals surface area (Å²) >= 11 is 1.00. The van der Waals surface area contributed by atoms with E-state index in [4.69, 9.17) is 34.1 Å². The van der Waals surface area contributed by atoms with Crippen molar-refractivity contribution >= 4 is 26.7 Å². The first kappa shape index (κ1) is 35.1. The van der Waals surface area contributed by atoms with Gasteiger partial charge in [0.2, 0.25) is 6.54 Å². The molecule has 0 radical (unpaired) electrons. The second-order valence-corrected chi connectivity index (χ2v) is 15.1. The minimum absolute atomic E-state index is 0.0429. The smallest absolute Gasteiger partial charge is 0.374 e. The number of nitrogens with zero attached hydrogens (tertiary/aromatic N) is 3. The summed E-state index contributed by atoms with van der Waals surface area (Å²) < 4.78 is 52.8. The first-order valence-corrected chi connectivity index (χ1v) is 17.4. The van der Waals surface area contributed by atoms with E-state index in [1.165, 1.54) is 23.9 Å². The summed E-state index contributed by atoms with van der Waals surface area (Å²) in [4.78, 5) is 30.1. The Hall–Kier alpha value is -1.10. The number of nitrogens with one attached hydrogen (secondary N) is 1. The third kappa shape index (κ3) is 9.20. The summed E-state index contributed by atoms with van der Waals surface area (Å²) in [7, 11) is -0.236. The summed E-state index contributed by atoms with van der Waals surface area (Å²) in [6.45, 7) is 17.7. The van der Waals surface area contributed by atoms with Crippen molar-refractivity contribution in [2.75, 3.05) is 33.5 Å². The fraction of sp³-hybridized carbons (Fsp3) is 0.792. The van der Waals surface area contributed by atoms with Gasteiger partial charge in [-0.1, -0.05) is 6.92 Å². The summed E-state index contributed by atoms with van der Waals surface area (Å²) in [5.74, 6) is 0. The van der Waals surface area contributed by atoms with Gasteiger partial charge in [0.1, 0.15) is 24.9 Å². The van der Waals surface area contributed by atoms with Crippen LogP contribution >= 0.6 is 26.7 Å². The Kier molecular flexibility index (Phi) is 14.5. The molecule has 6 atom stereocenters. The molecule has 1 aromatic rings. The number of aromatic nitrogens is 2. The molecule has 1 saturated heterocycles. The van der Waals surface area contributed by atoms with Crippen molar-refractivity contribution in [1.29, 1.82) is 0 Å². The zero-order valence-electron chi connectivity index (χ0n) is 24.3. The molecule has 2 heterocycles. The summed E-state index contributed by atoms with van der Waals surface area (Å²) in [6.07, 6.45) is -2.01. The minimum Gasteiger partial charge on any atom is -0.374 e. The van der Waals surface area contributed by atoms with Gasteiger partial charge < -0.3 is 32.4 Å². The number of ether oxygens (including phenoxy) is 2. The number of rotatable bonds is 17. The molecule has 0 aromatic carbocycles. The summed E-state index contributed by atoms with van der Waals surface area (Å²) in [5.41, 5.74) is -1.22. The number of hydrogen-bond acceptors (Lipinski definition) is 11. The van der Waals surface area contributed by atoms with Crippen molar-refractivity contribution < 1.29 is 32.1 Å². The van der Waals surface area contributed by atoms with Crippen molar-refractivity contribution in [3.05, 3.63) is 44.5 Å². The molecule has 0 saturated carbocycles. The van der Waals surface area contributed by atoms with Crippen LogP contribution < -0.4 is 11.2 Å². The van der Waals surface area contributed by atoms with Crippen molar-refractivity contribution in [2.45, 2.75) is 90.3 Å². The van der Waals surface area contributed by atoms with Gasteiger partial charge in [-0.25, -0.2) is 20.6 Å². The molecule has 0 bridgehead atoms. The molecule has 40 heavy (non-hydrogen) atoms. The maximum Gasteiger partial charge on any atom is 0.389 e. The van der Waals surface area contributed by atoms with Crippen LogP contribution in [0.5, 0.6) is 0 Å². The predicted molar refractivity (Wildman–Crippen MR) is 155 cm³/mol. The molecular weight excluding hydrogens is 582 g/mol. The van der Waals surface area contributed by atoms with E-state index in [0.29, 0.717) is 0 Å². The largest absolute Gasteiger partial charge is 0.389 e. The molecule has 1 aromatic heterocycles. The molecule has 1 aliphatic rings. The number of methoxy groups -OCH3 is 1. The molecule has 2 rings (SSSR count). The van der Waals surface area contributed by atoms with Crippen molar-refractivity contribution in [1.82, 2.24) is 14.2 Å². The SMILES string of the molecule is [C-]#[N+]CCOP(OC1C(OC)[C@H](n2ccc(=O)[nH]c2=O)O[C@@H]1C(C)SP(=O)(OCC)OCC)N(C(C)C)C(C)C. The highest BCUT2D eigenvalue weighted by Gasteiger charge is 2.52. The topological polar surface area (TPSA) is 135 Å². The Morgan fingerprint density at radius 2 is 1.80 bits per heavy atom. The van der Waals surface area contributed by atoms with Crippen LogP contribution in [0, 0.1) is 6.57 Å². The lowest BCUT2D eigenvalue weighted by Crippen LogP contribution is -2.42. The van der Waals surface area contributed by atoms with E-state index in [-0.39, 0.29) is 38.4 Å². The van der Waals surface area contributed by atoms with Gasteiger partial charge in [-0.2, -0.15) is 0 Å². The number of H-pyrrole nitrogens is 1. The van der Waals surface area contributed by atoms with Crippen LogP contribution in [-0.4, -0.2) is 83.3 Å². The van der Waals surface area contributed by atoms with Crippen molar-refractivity contribution in [3.63, 3.8) is 0 Å². The van der Waals surface area contributed by atoms with E-state index in [0.717, 1.165) is 11.4 Å². The number of hydrogen-bond donors (Lipinski definition) is 1. The van der Waals surface area contributed by atoms with Gasteiger partial charge in [-0.05, 0) is 52.9 Å². The zero-order valence-corrected chi connectivity index (χ0v) is 26.9. The minimum atomic E-state index is -3.54. The third-order valence-electron chi connectivity index (χ3n) is 5.82. The van der Waals surface area contributed by atoms with E-state index in [1.807, 2.05) is 34.6 Å². The van der Waals surface area contributed by atoms with E-state index in [9.17, 15) is 14.2 Å². The molecule has 228 valence electrons. The summed E-state index contributed by atoms with van der Waals surface area (Å²) in [6, 6.07) is 1.30.